The molecule has 0 bridgehead atoms. The fraction of sp³-hybridized carbons (Fsp3) is 0.235. The fourth-order valence-electron chi connectivity index (χ4n) is 2.00. The number of carbonyl (C=O) groups excluding carboxylic acids is 1. The molecule has 0 radical (unpaired) electrons. The van der Waals surface area contributed by atoms with Crippen molar-refractivity contribution >= 4 is 39.1 Å². The maximum atomic E-state index is 11.9. The zero-order valence-corrected chi connectivity index (χ0v) is 14.6. The fourth-order valence-corrected chi connectivity index (χ4v) is 2.72. The molecule has 0 unspecified atom stereocenters. The predicted octanol–water partition coefficient (Wildman–Crippen LogP) is 5.07. The monoisotopic (exact) mass is 381 g/mol. The summed E-state index contributed by atoms with van der Waals surface area (Å²) in [5.41, 5.74) is 1.82. The smallest absolute Gasteiger partial charge is 0.262 e. The Hall–Kier alpha value is -1.52. The van der Waals surface area contributed by atoms with E-state index in [1.165, 1.54) is 5.56 Å². The van der Waals surface area contributed by atoms with Gasteiger partial charge in [0.15, 0.2) is 6.61 Å². The second kappa shape index (κ2) is 8.20. The second-order valence-corrected chi connectivity index (χ2v) is 6.09. The molecule has 0 saturated carbocycles. The van der Waals surface area contributed by atoms with E-state index < -0.39 is 0 Å². The highest BCUT2D eigenvalue weighted by molar-refractivity contribution is 9.10. The number of para-hydroxylation sites is 1. The Morgan fingerprint density at radius 1 is 1.27 bits per heavy atom. The molecule has 2 rings (SSSR count). The SMILES string of the molecule is CCCc1ccc(OCC(=O)Nc2ccccc2Cl)c(Br)c1. The Morgan fingerprint density at radius 3 is 2.73 bits per heavy atom. The molecule has 1 amide bonds. The molecule has 2 aromatic carbocycles. The topological polar surface area (TPSA) is 38.3 Å². The standard InChI is InChI=1S/C17H17BrClNO2/c1-2-5-12-8-9-16(13(18)10-12)22-11-17(21)20-15-7-4-3-6-14(15)19/h3-4,6-10H,2,5,11H2,1H3,(H,20,21). The molecule has 22 heavy (non-hydrogen) atoms. The number of hydrogen-bond acceptors (Lipinski definition) is 2. The number of nitrogens with one attached hydrogen (secondary N) is 1. The van der Waals surface area contributed by atoms with Gasteiger partial charge in [-0.05, 0) is 52.2 Å². The number of benzene rings is 2. The van der Waals surface area contributed by atoms with Gasteiger partial charge >= 0.3 is 0 Å². The van der Waals surface area contributed by atoms with Crippen LogP contribution in [0.3, 0.4) is 0 Å². The van der Waals surface area contributed by atoms with Gasteiger partial charge < -0.3 is 10.1 Å². The molecule has 0 spiro atoms. The number of ether oxygens (including phenoxy) is 1. The molecule has 116 valence electrons. The van der Waals surface area contributed by atoms with Gasteiger partial charge in [-0.2, -0.15) is 0 Å². The highest BCUT2D eigenvalue weighted by atomic mass is 79.9. The summed E-state index contributed by atoms with van der Waals surface area (Å²) >= 11 is 9.46. The zero-order valence-electron chi connectivity index (χ0n) is 12.2. The van der Waals surface area contributed by atoms with Crippen LogP contribution in [0.2, 0.25) is 5.02 Å². The number of rotatable bonds is 6. The van der Waals surface area contributed by atoms with E-state index in [2.05, 4.69) is 28.2 Å². The van der Waals surface area contributed by atoms with Crippen LogP contribution in [0.5, 0.6) is 5.75 Å². The third-order valence-electron chi connectivity index (χ3n) is 3.04. The van der Waals surface area contributed by atoms with Crippen LogP contribution in [0.25, 0.3) is 0 Å². The van der Waals surface area contributed by atoms with E-state index >= 15 is 0 Å². The molecule has 5 heteroatoms. The van der Waals surface area contributed by atoms with Crippen molar-refractivity contribution in [3.05, 3.63) is 57.5 Å². The molecule has 2 aromatic rings. The molecule has 0 saturated heterocycles. The first kappa shape index (κ1) is 16.8. The molecule has 0 aliphatic heterocycles. The number of anilines is 1. The second-order valence-electron chi connectivity index (χ2n) is 4.83. The maximum Gasteiger partial charge on any atom is 0.262 e. The van der Waals surface area contributed by atoms with Crippen molar-refractivity contribution in [2.24, 2.45) is 0 Å². The minimum Gasteiger partial charge on any atom is -0.483 e. The molecule has 1 N–H and O–H groups in total. The summed E-state index contributed by atoms with van der Waals surface area (Å²) in [6.07, 6.45) is 2.11. The van der Waals surface area contributed by atoms with Crippen LogP contribution in [-0.4, -0.2) is 12.5 Å². The van der Waals surface area contributed by atoms with E-state index in [9.17, 15) is 4.79 Å². The summed E-state index contributed by atoms with van der Waals surface area (Å²) in [6.45, 7) is 2.06. The van der Waals surface area contributed by atoms with E-state index in [0.29, 0.717) is 16.5 Å². The van der Waals surface area contributed by atoms with E-state index in [1.54, 1.807) is 12.1 Å². The first-order chi connectivity index (χ1) is 10.6. The van der Waals surface area contributed by atoms with Gasteiger partial charge in [0.05, 0.1) is 15.2 Å². The van der Waals surface area contributed by atoms with Crippen LogP contribution in [0.4, 0.5) is 5.69 Å². The lowest BCUT2D eigenvalue weighted by atomic mass is 10.1. The van der Waals surface area contributed by atoms with Crippen molar-refractivity contribution in [3.8, 4) is 5.75 Å². The van der Waals surface area contributed by atoms with Crippen LogP contribution in [-0.2, 0) is 11.2 Å². The maximum absolute atomic E-state index is 11.9. The van der Waals surface area contributed by atoms with E-state index in [1.807, 2.05) is 30.3 Å². The van der Waals surface area contributed by atoms with Crippen LogP contribution in [0.15, 0.2) is 46.9 Å². The van der Waals surface area contributed by atoms with Gasteiger partial charge in [-0.15, -0.1) is 0 Å². The molecular weight excluding hydrogens is 366 g/mol. The van der Waals surface area contributed by atoms with Gasteiger partial charge in [-0.3, -0.25) is 4.79 Å². The van der Waals surface area contributed by atoms with Gasteiger partial charge in [0, 0.05) is 0 Å². The van der Waals surface area contributed by atoms with E-state index in [4.69, 9.17) is 16.3 Å². The van der Waals surface area contributed by atoms with Crippen molar-refractivity contribution in [2.75, 3.05) is 11.9 Å². The molecule has 0 aliphatic carbocycles. The van der Waals surface area contributed by atoms with Crippen molar-refractivity contribution in [1.29, 1.82) is 0 Å². The molecule has 0 heterocycles. The summed E-state index contributed by atoms with van der Waals surface area (Å²) in [7, 11) is 0. The van der Waals surface area contributed by atoms with Gasteiger partial charge in [0.2, 0.25) is 0 Å². The van der Waals surface area contributed by atoms with Gasteiger partial charge in [0.1, 0.15) is 5.75 Å². The van der Waals surface area contributed by atoms with E-state index in [0.717, 1.165) is 17.3 Å². The van der Waals surface area contributed by atoms with Crippen LogP contribution >= 0.6 is 27.5 Å². The lowest BCUT2D eigenvalue weighted by Gasteiger charge is -2.10. The summed E-state index contributed by atoms with van der Waals surface area (Å²) in [4.78, 5) is 11.9. The van der Waals surface area contributed by atoms with Gasteiger partial charge in [-0.25, -0.2) is 0 Å². The van der Waals surface area contributed by atoms with E-state index in [-0.39, 0.29) is 12.5 Å². The summed E-state index contributed by atoms with van der Waals surface area (Å²) in [5, 5.41) is 3.22. The first-order valence-electron chi connectivity index (χ1n) is 7.05. The highest BCUT2D eigenvalue weighted by Gasteiger charge is 2.08. The average molecular weight is 383 g/mol. The predicted molar refractivity (Wildman–Crippen MR) is 93.7 cm³/mol. The highest BCUT2D eigenvalue weighted by Crippen LogP contribution is 2.26. The largest absolute Gasteiger partial charge is 0.483 e. The molecule has 3 nitrogen and oxygen atoms in total. The number of aryl methyl sites for hydroxylation is 1. The summed E-state index contributed by atoms with van der Waals surface area (Å²) in [6, 6.07) is 13.0. The average Bonchev–Trinajstić information content (AvgIpc) is 2.49. The molecule has 0 fully saturated rings. The van der Waals surface area contributed by atoms with Gasteiger partial charge in [-0.1, -0.05) is 43.1 Å². The van der Waals surface area contributed by atoms with Crippen LogP contribution in [0.1, 0.15) is 18.9 Å². The summed E-state index contributed by atoms with van der Waals surface area (Å²) < 4.78 is 6.39. The summed E-state index contributed by atoms with van der Waals surface area (Å²) in [5.74, 6) is 0.395. The third-order valence-corrected chi connectivity index (χ3v) is 3.99. The Bertz CT molecular complexity index is 661. The van der Waals surface area contributed by atoms with Gasteiger partial charge in [0.25, 0.3) is 5.91 Å². The molecule has 0 atom stereocenters. The van der Waals surface area contributed by atoms with Crippen molar-refractivity contribution in [2.45, 2.75) is 19.8 Å². The molecule has 0 aliphatic rings. The Kier molecular flexibility index (Phi) is 6.28. The number of hydrogen-bond donors (Lipinski definition) is 1. The Morgan fingerprint density at radius 2 is 2.05 bits per heavy atom. The van der Waals surface area contributed by atoms with Crippen molar-refractivity contribution in [1.82, 2.24) is 0 Å². The molecular formula is C17H17BrClNO2. The minimum atomic E-state index is -0.252. The third kappa shape index (κ3) is 4.75. The minimum absolute atomic E-state index is 0.0725. The van der Waals surface area contributed by atoms with Crippen LogP contribution in [0, 0.1) is 0 Å². The van der Waals surface area contributed by atoms with Crippen molar-refractivity contribution < 1.29 is 9.53 Å². The number of amides is 1. The Balaban J connectivity index is 1.92. The zero-order chi connectivity index (χ0) is 15.9. The lowest BCUT2D eigenvalue weighted by Crippen LogP contribution is -2.20. The first-order valence-corrected chi connectivity index (χ1v) is 8.23. The van der Waals surface area contributed by atoms with Crippen LogP contribution < -0.4 is 10.1 Å². The number of halogens is 2. The quantitative estimate of drug-likeness (QED) is 0.757. The normalized spacial score (nSPS) is 10.3. The number of carbonyl (C=O) groups is 1. The lowest BCUT2D eigenvalue weighted by molar-refractivity contribution is -0.118. The molecule has 0 aromatic heterocycles. The van der Waals surface area contributed by atoms with Crippen molar-refractivity contribution in [3.63, 3.8) is 0 Å². The Labute approximate surface area is 143 Å².